The summed E-state index contributed by atoms with van der Waals surface area (Å²) in [6.07, 6.45) is 0.673. The number of rotatable bonds is 7. The van der Waals surface area contributed by atoms with Gasteiger partial charge < -0.3 is 4.74 Å². The monoisotopic (exact) mass is 326 g/mol. The lowest BCUT2D eigenvalue weighted by Gasteiger charge is -2.18. The van der Waals surface area contributed by atoms with Crippen molar-refractivity contribution in [3.63, 3.8) is 0 Å². The van der Waals surface area contributed by atoms with Crippen molar-refractivity contribution < 1.29 is 17.9 Å². The summed E-state index contributed by atoms with van der Waals surface area (Å²) in [5, 5.41) is 0. The van der Waals surface area contributed by atoms with E-state index in [0.29, 0.717) is 19.5 Å². The quantitative estimate of drug-likeness (QED) is 0.824. The number of carbonyl (C=O) groups is 1. The molecule has 0 radical (unpaired) electrons. The van der Waals surface area contributed by atoms with Crippen LogP contribution in [0.25, 0.3) is 0 Å². The van der Waals surface area contributed by atoms with Crippen LogP contribution in [-0.2, 0) is 15.0 Å². The molecular formula is C15H22N2O4S. The van der Waals surface area contributed by atoms with Gasteiger partial charge in [-0.05, 0) is 30.0 Å². The van der Waals surface area contributed by atoms with Gasteiger partial charge >= 0.3 is 10.2 Å². The van der Waals surface area contributed by atoms with Gasteiger partial charge in [0.2, 0.25) is 5.91 Å². The standard InChI is InChI=1S/C15H22N2O4S/c1-4-17(5-2)22(19,20)16-15(18)14-10-13(14)11-6-8-12(21-3)9-7-11/h6-9,13-14H,4-5,10H2,1-3H3,(H,16,18). The van der Waals surface area contributed by atoms with Gasteiger partial charge in [0.05, 0.1) is 7.11 Å². The predicted molar refractivity (Wildman–Crippen MR) is 83.8 cm³/mol. The Morgan fingerprint density at radius 1 is 1.27 bits per heavy atom. The lowest BCUT2D eigenvalue weighted by atomic mass is 10.1. The maximum atomic E-state index is 12.1. The molecule has 1 aromatic carbocycles. The van der Waals surface area contributed by atoms with Crippen LogP contribution in [0.1, 0.15) is 31.7 Å². The average Bonchev–Trinajstić information content (AvgIpc) is 3.28. The van der Waals surface area contributed by atoms with E-state index in [9.17, 15) is 13.2 Å². The zero-order chi connectivity index (χ0) is 16.3. The molecule has 0 spiro atoms. The van der Waals surface area contributed by atoms with Gasteiger partial charge in [-0.2, -0.15) is 12.7 Å². The van der Waals surface area contributed by atoms with Crippen molar-refractivity contribution in [2.45, 2.75) is 26.2 Å². The lowest BCUT2D eigenvalue weighted by molar-refractivity contribution is -0.120. The first kappa shape index (κ1) is 16.8. The second-order valence-electron chi connectivity index (χ2n) is 5.28. The third kappa shape index (κ3) is 3.59. The summed E-state index contributed by atoms with van der Waals surface area (Å²) in [6, 6.07) is 7.51. The van der Waals surface area contributed by atoms with Crippen LogP contribution in [0.5, 0.6) is 5.75 Å². The molecule has 0 heterocycles. The van der Waals surface area contributed by atoms with E-state index >= 15 is 0 Å². The average molecular weight is 326 g/mol. The van der Waals surface area contributed by atoms with Gasteiger partial charge in [-0.25, -0.2) is 4.72 Å². The molecule has 1 saturated carbocycles. The summed E-state index contributed by atoms with van der Waals surface area (Å²) in [6.45, 7) is 4.16. The Kier molecular flexibility index (Phi) is 5.08. The van der Waals surface area contributed by atoms with Crippen LogP contribution in [0.2, 0.25) is 0 Å². The minimum atomic E-state index is -3.73. The summed E-state index contributed by atoms with van der Waals surface area (Å²) in [4.78, 5) is 12.1. The second-order valence-corrected chi connectivity index (χ2v) is 6.95. The number of nitrogens with zero attached hydrogens (tertiary/aromatic N) is 1. The van der Waals surface area contributed by atoms with Gasteiger partial charge in [0.25, 0.3) is 0 Å². The van der Waals surface area contributed by atoms with E-state index in [4.69, 9.17) is 4.74 Å². The summed E-state index contributed by atoms with van der Waals surface area (Å²) < 4.78 is 32.6. The number of amides is 1. The largest absolute Gasteiger partial charge is 0.497 e. The van der Waals surface area contributed by atoms with Crippen LogP contribution in [0, 0.1) is 5.92 Å². The van der Waals surface area contributed by atoms with E-state index in [1.165, 1.54) is 4.31 Å². The van der Waals surface area contributed by atoms with Crippen LogP contribution in [0.3, 0.4) is 0 Å². The zero-order valence-corrected chi connectivity index (χ0v) is 13.9. The zero-order valence-electron chi connectivity index (χ0n) is 13.1. The summed E-state index contributed by atoms with van der Waals surface area (Å²) in [7, 11) is -2.13. The molecule has 0 aromatic heterocycles. The normalized spacial score (nSPS) is 20.7. The van der Waals surface area contributed by atoms with Crippen molar-refractivity contribution in [2.24, 2.45) is 5.92 Å². The molecule has 2 unspecified atom stereocenters. The number of benzene rings is 1. The van der Waals surface area contributed by atoms with Crippen LogP contribution in [0.4, 0.5) is 0 Å². The van der Waals surface area contributed by atoms with E-state index in [-0.39, 0.29) is 11.8 Å². The maximum Gasteiger partial charge on any atom is 0.303 e. The molecule has 2 atom stereocenters. The third-order valence-corrected chi connectivity index (χ3v) is 5.60. The summed E-state index contributed by atoms with van der Waals surface area (Å²) in [5.41, 5.74) is 1.03. The van der Waals surface area contributed by atoms with Gasteiger partial charge in [0.1, 0.15) is 5.75 Å². The Balaban J connectivity index is 1.98. The molecule has 1 fully saturated rings. The fourth-order valence-electron chi connectivity index (χ4n) is 2.54. The van der Waals surface area contributed by atoms with Crippen molar-refractivity contribution in [1.82, 2.24) is 9.03 Å². The molecule has 1 amide bonds. The summed E-state index contributed by atoms with van der Waals surface area (Å²) >= 11 is 0. The van der Waals surface area contributed by atoms with E-state index in [2.05, 4.69) is 4.72 Å². The minimum absolute atomic E-state index is 0.0813. The van der Waals surface area contributed by atoms with Crippen molar-refractivity contribution in [3.8, 4) is 5.75 Å². The summed E-state index contributed by atoms with van der Waals surface area (Å²) in [5.74, 6) is 0.138. The highest BCUT2D eigenvalue weighted by atomic mass is 32.2. The van der Waals surface area contributed by atoms with Crippen molar-refractivity contribution in [2.75, 3.05) is 20.2 Å². The van der Waals surface area contributed by atoms with Gasteiger partial charge in [0, 0.05) is 19.0 Å². The molecule has 1 N–H and O–H groups in total. The fraction of sp³-hybridized carbons (Fsp3) is 0.533. The first-order chi connectivity index (χ1) is 10.4. The van der Waals surface area contributed by atoms with Gasteiger partial charge in [-0.3, -0.25) is 4.79 Å². The van der Waals surface area contributed by atoms with Crippen LogP contribution >= 0.6 is 0 Å². The van der Waals surface area contributed by atoms with E-state index in [1.54, 1.807) is 21.0 Å². The molecule has 0 aliphatic heterocycles. The molecule has 2 rings (SSSR count). The fourth-order valence-corrected chi connectivity index (χ4v) is 3.75. The van der Waals surface area contributed by atoms with E-state index in [1.807, 2.05) is 24.3 Å². The van der Waals surface area contributed by atoms with E-state index in [0.717, 1.165) is 11.3 Å². The molecule has 1 aromatic rings. The SMILES string of the molecule is CCN(CC)S(=O)(=O)NC(=O)C1CC1c1ccc(OC)cc1. The lowest BCUT2D eigenvalue weighted by Crippen LogP contribution is -2.44. The molecule has 22 heavy (non-hydrogen) atoms. The maximum absolute atomic E-state index is 12.1. The van der Waals surface area contributed by atoms with Crippen LogP contribution in [-0.4, -0.2) is 38.8 Å². The minimum Gasteiger partial charge on any atom is -0.497 e. The smallest absolute Gasteiger partial charge is 0.303 e. The highest BCUT2D eigenvalue weighted by Gasteiger charge is 2.45. The Morgan fingerprint density at radius 2 is 1.86 bits per heavy atom. The number of hydrogen-bond donors (Lipinski definition) is 1. The van der Waals surface area contributed by atoms with E-state index < -0.39 is 16.1 Å². The Morgan fingerprint density at radius 3 is 2.36 bits per heavy atom. The first-order valence-corrected chi connectivity index (χ1v) is 8.82. The van der Waals surface area contributed by atoms with Gasteiger partial charge in [-0.1, -0.05) is 26.0 Å². The molecule has 0 saturated heterocycles. The van der Waals surface area contributed by atoms with Crippen molar-refractivity contribution in [1.29, 1.82) is 0 Å². The number of carbonyl (C=O) groups excluding carboxylic acids is 1. The highest BCUT2D eigenvalue weighted by Crippen LogP contribution is 2.47. The molecule has 0 bridgehead atoms. The molecule has 122 valence electrons. The third-order valence-electron chi connectivity index (χ3n) is 3.95. The number of methoxy groups -OCH3 is 1. The second kappa shape index (κ2) is 6.66. The Labute approximate surface area is 131 Å². The molecule has 6 nitrogen and oxygen atoms in total. The molecule has 1 aliphatic carbocycles. The topological polar surface area (TPSA) is 75.7 Å². The van der Waals surface area contributed by atoms with Crippen molar-refractivity contribution >= 4 is 16.1 Å². The Bertz CT molecular complexity index is 623. The predicted octanol–water partition coefficient (Wildman–Crippen LogP) is 1.50. The van der Waals surface area contributed by atoms with Gasteiger partial charge in [-0.15, -0.1) is 0 Å². The van der Waals surface area contributed by atoms with Crippen molar-refractivity contribution in [3.05, 3.63) is 29.8 Å². The Hall–Kier alpha value is -1.60. The molecule has 7 heteroatoms. The van der Waals surface area contributed by atoms with Crippen LogP contribution < -0.4 is 9.46 Å². The van der Waals surface area contributed by atoms with Crippen LogP contribution in [0.15, 0.2) is 24.3 Å². The molecular weight excluding hydrogens is 304 g/mol. The first-order valence-electron chi connectivity index (χ1n) is 7.38. The molecule has 1 aliphatic rings. The number of hydrogen-bond acceptors (Lipinski definition) is 4. The number of ether oxygens (including phenoxy) is 1. The van der Waals surface area contributed by atoms with Gasteiger partial charge in [0.15, 0.2) is 0 Å². The highest BCUT2D eigenvalue weighted by molar-refractivity contribution is 7.87. The number of nitrogens with one attached hydrogen (secondary N) is 1.